The molecule has 1 aliphatic rings. The largest absolute Gasteiger partial charge is 0.376 e. The van der Waals surface area contributed by atoms with Crippen molar-refractivity contribution in [2.75, 3.05) is 6.61 Å². The number of hydrogen-bond acceptors (Lipinski definition) is 3. The summed E-state index contributed by atoms with van der Waals surface area (Å²) in [6.07, 6.45) is 0.983. The Kier molecular flexibility index (Phi) is 2.91. The molecule has 0 amide bonds. The number of fused-ring (bicyclic) bond motifs is 1. The highest BCUT2D eigenvalue weighted by Crippen LogP contribution is 2.39. The molecule has 0 radical (unpaired) electrons. The lowest BCUT2D eigenvalue weighted by molar-refractivity contribution is 0.111. The van der Waals surface area contributed by atoms with Gasteiger partial charge in [-0.3, -0.25) is 0 Å². The van der Waals surface area contributed by atoms with Crippen molar-refractivity contribution in [3.05, 3.63) is 19.8 Å². The highest BCUT2D eigenvalue weighted by Gasteiger charge is 2.22. The molecule has 1 unspecified atom stereocenters. The Hall–Kier alpha value is -0.370. The first-order chi connectivity index (χ1) is 6.74. The van der Waals surface area contributed by atoms with Gasteiger partial charge in [-0.05, 0) is 22.9 Å². The van der Waals surface area contributed by atoms with Crippen LogP contribution in [0.5, 0.6) is 0 Å². The molecule has 0 aliphatic carbocycles. The second-order valence-corrected chi connectivity index (χ2v) is 5.27. The van der Waals surface area contributed by atoms with E-state index >= 15 is 0 Å². The standard InChI is InChI=1S/C10H10BrNOS/c1-6(4-12)10-9(11)7-5-13-3-2-8(7)14-10/h6H,2-3,5H2,1H3. The van der Waals surface area contributed by atoms with Gasteiger partial charge < -0.3 is 4.74 Å². The first-order valence-electron chi connectivity index (χ1n) is 4.51. The first kappa shape index (κ1) is 10.2. The van der Waals surface area contributed by atoms with Crippen LogP contribution in [0.25, 0.3) is 0 Å². The third-order valence-corrected chi connectivity index (χ3v) is 5.00. The molecule has 0 N–H and O–H groups in total. The van der Waals surface area contributed by atoms with E-state index in [0.717, 1.165) is 22.4 Å². The summed E-state index contributed by atoms with van der Waals surface area (Å²) < 4.78 is 6.49. The van der Waals surface area contributed by atoms with Gasteiger partial charge in [0, 0.05) is 26.2 Å². The van der Waals surface area contributed by atoms with Crippen molar-refractivity contribution in [3.8, 4) is 6.07 Å². The number of nitrogens with zero attached hydrogens (tertiary/aromatic N) is 1. The molecule has 1 aliphatic heterocycles. The summed E-state index contributed by atoms with van der Waals surface area (Å²) in [7, 11) is 0. The molecule has 2 nitrogen and oxygen atoms in total. The molecule has 1 aromatic rings. The molecule has 2 heterocycles. The van der Waals surface area contributed by atoms with Gasteiger partial charge in [-0.15, -0.1) is 11.3 Å². The van der Waals surface area contributed by atoms with Crippen LogP contribution in [-0.2, 0) is 17.8 Å². The zero-order valence-corrected chi connectivity index (χ0v) is 10.2. The summed E-state index contributed by atoms with van der Waals surface area (Å²) in [5.41, 5.74) is 1.25. The third kappa shape index (κ3) is 1.60. The van der Waals surface area contributed by atoms with Crippen molar-refractivity contribution in [1.82, 2.24) is 0 Å². The van der Waals surface area contributed by atoms with E-state index in [1.807, 2.05) is 6.92 Å². The molecule has 14 heavy (non-hydrogen) atoms. The normalized spacial score (nSPS) is 17.2. The summed E-state index contributed by atoms with van der Waals surface area (Å²) >= 11 is 5.30. The van der Waals surface area contributed by atoms with Crippen LogP contribution in [0.2, 0.25) is 0 Å². The fourth-order valence-electron chi connectivity index (χ4n) is 1.53. The van der Waals surface area contributed by atoms with Crippen molar-refractivity contribution in [1.29, 1.82) is 5.26 Å². The Balaban J connectivity index is 2.44. The van der Waals surface area contributed by atoms with Crippen LogP contribution < -0.4 is 0 Å². The van der Waals surface area contributed by atoms with E-state index < -0.39 is 0 Å². The van der Waals surface area contributed by atoms with Gasteiger partial charge in [-0.1, -0.05) is 0 Å². The Morgan fingerprint density at radius 1 is 1.64 bits per heavy atom. The van der Waals surface area contributed by atoms with E-state index in [-0.39, 0.29) is 5.92 Å². The molecule has 74 valence electrons. The SMILES string of the molecule is CC(C#N)c1sc2c(c1Br)COCC2. The molecular weight excluding hydrogens is 262 g/mol. The molecule has 1 atom stereocenters. The summed E-state index contributed by atoms with van der Waals surface area (Å²) in [4.78, 5) is 2.52. The fourth-order valence-corrected chi connectivity index (χ4v) is 3.78. The van der Waals surface area contributed by atoms with E-state index in [2.05, 4.69) is 22.0 Å². The number of halogens is 1. The van der Waals surface area contributed by atoms with Gasteiger partial charge >= 0.3 is 0 Å². The Labute approximate surface area is 95.6 Å². The van der Waals surface area contributed by atoms with Gasteiger partial charge in [0.2, 0.25) is 0 Å². The topological polar surface area (TPSA) is 33.0 Å². The monoisotopic (exact) mass is 271 g/mol. The molecular formula is C10H10BrNOS. The number of rotatable bonds is 1. The van der Waals surface area contributed by atoms with Gasteiger partial charge in [-0.25, -0.2) is 0 Å². The lowest BCUT2D eigenvalue weighted by Gasteiger charge is -2.11. The second kappa shape index (κ2) is 4.01. The average molecular weight is 272 g/mol. The van der Waals surface area contributed by atoms with E-state index in [0.29, 0.717) is 6.61 Å². The molecule has 1 aromatic heterocycles. The Bertz CT molecular complexity index is 394. The van der Waals surface area contributed by atoms with Crippen molar-refractivity contribution in [2.24, 2.45) is 0 Å². The molecule has 0 spiro atoms. The fraction of sp³-hybridized carbons (Fsp3) is 0.500. The minimum atomic E-state index is -0.0278. The molecule has 0 saturated carbocycles. The quantitative estimate of drug-likeness (QED) is 0.786. The van der Waals surface area contributed by atoms with Crippen LogP contribution in [-0.4, -0.2) is 6.61 Å². The lowest BCUT2D eigenvalue weighted by atomic mass is 10.1. The summed E-state index contributed by atoms with van der Waals surface area (Å²) in [6, 6.07) is 2.27. The van der Waals surface area contributed by atoms with Crippen molar-refractivity contribution in [3.63, 3.8) is 0 Å². The zero-order valence-electron chi connectivity index (χ0n) is 7.84. The summed E-state index contributed by atoms with van der Waals surface area (Å²) in [5, 5.41) is 8.88. The average Bonchev–Trinajstić information content (AvgIpc) is 2.56. The van der Waals surface area contributed by atoms with Gasteiger partial charge in [0.05, 0.1) is 25.2 Å². The van der Waals surface area contributed by atoms with Crippen molar-refractivity contribution < 1.29 is 4.74 Å². The predicted octanol–water partition coefficient (Wildman–Crippen LogP) is 3.21. The minimum Gasteiger partial charge on any atom is -0.376 e. The summed E-state index contributed by atoms with van der Waals surface area (Å²) in [6.45, 7) is 3.42. The van der Waals surface area contributed by atoms with E-state index in [9.17, 15) is 0 Å². The molecule has 2 rings (SSSR count). The summed E-state index contributed by atoms with van der Waals surface area (Å²) in [5.74, 6) is -0.0278. The van der Waals surface area contributed by atoms with Gasteiger partial charge in [0.15, 0.2) is 0 Å². The number of hydrogen-bond donors (Lipinski definition) is 0. The molecule has 0 saturated heterocycles. The van der Waals surface area contributed by atoms with Crippen molar-refractivity contribution in [2.45, 2.75) is 25.9 Å². The van der Waals surface area contributed by atoms with E-state index in [1.165, 1.54) is 10.4 Å². The van der Waals surface area contributed by atoms with Gasteiger partial charge in [0.1, 0.15) is 0 Å². The molecule has 0 bridgehead atoms. The zero-order chi connectivity index (χ0) is 10.1. The van der Waals surface area contributed by atoms with Crippen LogP contribution in [0.1, 0.15) is 28.2 Å². The molecule has 4 heteroatoms. The van der Waals surface area contributed by atoms with Crippen LogP contribution in [0.4, 0.5) is 0 Å². The molecule has 0 aromatic carbocycles. The highest BCUT2D eigenvalue weighted by molar-refractivity contribution is 9.10. The first-order valence-corrected chi connectivity index (χ1v) is 6.12. The Morgan fingerprint density at radius 2 is 2.43 bits per heavy atom. The van der Waals surface area contributed by atoms with E-state index in [4.69, 9.17) is 10.00 Å². The van der Waals surface area contributed by atoms with Crippen molar-refractivity contribution >= 4 is 27.3 Å². The van der Waals surface area contributed by atoms with Gasteiger partial charge in [0.25, 0.3) is 0 Å². The maximum Gasteiger partial charge on any atom is 0.0789 e. The maximum atomic E-state index is 8.88. The van der Waals surface area contributed by atoms with Crippen LogP contribution >= 0.6 is 27.3 Å². The van der Waals surface area contributed by atoms with Gasteiger partial charge in [-0.2, -0.15) is 5.26 Å². The predicted molar refractivity (Wildman–Crippen MR) is 59.4 cm³/mol. The lowest BCUT2D eigenvalue weighted by Crippen LogP contribution is -2.06. The second-order valence-electron chi connectivity index (χ2n) is 3.34. The van der Waals surface area contributed by atoms with Crippen LogP contribution in [0, 0.1) is 11.3 Å². The van der Waals surface area contributed by atoms with Crippen LogP contribution in [0.15, 0.2) is 4.47 Å². The number of nitriles is 1. The Morgan fingerprint density at radius 3 is 3.07 bits per heavy atom. The smallest absolute Gasteiger partial charge is 0.0789 e. The number of thiophene rings is 1. The highest BCUT2D eigenvalue weighted by atomic mass is 79.9. The third-order valence-electron chi connectivity index (χ3n) is 2.36. The maximum absolute atomic E-state index is 8.88. The van der Waals surface area contributed by atoms with Crippen LogP contribution in [0.3, 0.4) is 0 Å². The number of ether oxygens (including phenoxy) is 1. The molecule has 0 fully saturated rings. The minimum absolute atomic E-state index is 0.0278. The van der Waals surface area contributed by atoms with E-state index in [1.54, 1.807) is 11.3 Å².